The smallest absolute Gasteiger partial charge is 0.311 e. The molecule has 0 radical (unpaired) electrons. The molecule has 2 aliphatic heterocycles. The van der Waals surface area contributed by atoms with E-state index in [1.54, 1.807) is 17.8 Å². The van der Waals surface area contributed by atoms with E-state index in [0.29, 0.717) is 0 Å². The number of benzene rings is 1. The Hall–Kier alpha value is -2.20. The molecule has 0 bridgehead atoms. The van der Waals surface area contributed by atoms with Gasteiger partial charge in [-0.3, -0.25) is 15.1 Å². The first-order chi connectivity index (χ1) is 11.5. The maximum Gasteiger partial charge on any atom is 0.311 e. The lowest BCUT2D eigenvalue weighted by atomic mass is 10.2. The molecule has 1 unspecified atom stereocenters. The number of phenolic OH excluding ortho intramolecular Hbond substituents is 1. The average Bonchev–Trinajstić information content (AvgIpc) is 3.17. The highest BCUT2D eigenvalue weighted by Gasteiger charge is 2.40. The quantitative estimate of drug-likeness (QED) is 0.655. The zero-order chi connectivity index (χ0) is 17.0. The van der Waals surface area contributed by atoms with Crippen LogP contribution in [-0.2, 0) is 0 Å². The average molecular weight is 363 g/mol. The van der Waals surface area contributed by atoms with Crippen LogP contribution in [0.2, 0.25) is 0 Å². The van der Waals surface area contributed by atoms with Crippen LogP contribution in [0.1, 0.15) is 36.5 Å². The number of hydrogen-bond acceptors (Lipinski definition) is 8. The Morgan fingerprint density at radius 2 is 2.17 bits per heavy atom. The fraction of sp³-hybridized carbons (Fsp3) is 0.286. The molecule has 0 aliphatic carbocycles. The molecule has 0 spiro atoms. The normalized spacial score (nSPS) is 18.7. The first-order valence-electron chi connectivity index (χ1n) is 7.23. The van der Waals surface area contributed by atoms with Gasteiger partial charge in [0.15, 0.2) is 11.6 Å². The lowest BCUT2D eigenvalue weighted by Gasteiger charge is -2.26. The van der Waals surface area contributed by atoms with Gasteiger partial charge in [-0.2, -0.15) is 0 Å². The maximum atomic E-state index is 11.1. The van der Waals surface area contributed by atoms with Crippen LogP contribution < -0.4 is 5.01 Å². The molecule has 8 nitrogen and oxygen atoms in total. The standard InChI is InChI=1S/C14H13N5O3S2/c1-7(2)12-15-16-14-18(12)17-11(24-14)6-23-13(17)8-3-4-10(20)9(5-8)19(21)22/h3-7,13,20H,1-2H3. The summed E-state index contributed by atoms with van der Waals surface area (Å²) in [6, 6.07) is 4.50. The number of hydrogen-bond donors (Lipinski definition) is 1. The summed E-state index contributed by atoms with van der Waals surface area (Å²) in [5.74, 6) is 0.719. The highest BCUT2D eigenvalue weighted by molar-refractivity contribution is 8.07. The highest BCUT2D eigenvalue weighted by Crippen LogP contribution is 2.52. The molecule has 1 aromatic heterocycles. The van der Waals surface area contributed by atoms with Crippen LogP contribution in [-0.4, -0.2) is 24.9 Å². The second kappa shape index (κ2) is 5.42. The summed E-state index contributed by atoms with van der Waals surface area (Å²) in [6.45, 7) is 4.10. The summed E-state index contributed by atoms with van der Waals surface area (Å²) in [7, 11) is 0. The minimum atomic E-state index is -0.574. The van der Waals surface area contributed by atoms with Crippen molar-refractivity contribution in [3.8, 4) is 5.75 Å². The summed E-state index contributed by atoms with van der Waals surface area (Å²) in [4.78, 5) is 10.5. The SMILES string of the molecule is CC(C)c1nnc2n1N1C(=CSC1c1ccc(O)c([N+](=O)[O-])c1)S2. The predicted octanol–water partition coefficient (Wildman–Crippen LogP) is 3.30. The number of aromatic hydroxyl groups is 1. The van der Waals surface area contributed by atoms with E-state index in [-0.39, 0.29) is 22.7 Å². The van der Waals surface area contributed by atoms with Crippen LogP contribution in [0, 0.1) is 10.1 Å². The Morgan fingerprint density at radius 3 is 2.88 bits per heavy atom. The lowest BCUT2D eigenvalue weighted by Crippen LogP contribution is -2.31. The summed E-state index contributed by atoms with van der Waals surface area (Å²) in [5, 5.41) is 35.0. The Bertz CT molecular complexity index is 879. The third kappa shape index (κ3) is 2.17. The molecule has 3 heterocycles. The lowest BCUT2D eigenvalue weighted by molar-refractivity contribution is -0.385. The molecule has 0 fully saturated rings. The van der Waals surface area contributed by atoms with Crippen molar-refractivity contribution in [3.05, 3.63) is 50.1 Å². The molecule has 4 rings (SSSR count). The first kappa shape index (κ1) is 15.3. The van der Waals surface area contributed by atoms with E-state index in [1.807, 2.05) is 23.9 Å². The van der Waals surface area contributed by atoms with Crippen molar-refractivity contribution < 1.29 is 10.0 Å². The van der Waals surface area contributed by atoms with Crippen LogP contribution in [0.4, 0.5) is 5.69 Å². The number of fused-ring (bicyclic) bond motifs is 3. The van der Waals surface area contributed by atoms with Crippen molar-refractivity contribution in [2.45, 2.75) is 30.3 Å². The van der Waals surface area contributed by atoms with E-state index in [4.69, 9.17) is 0 Å². The number of rotatable bonds is 3. The van der Waals surface area contributed by atoms with Gasteiger partial charge < -0.3 is 5.11 Å². The topological polar surface area (TPSA) is 97.3 Å². The Kier molecular flexibility index (Phi) is 3.46. The second-order valence-electron chi connectivity index (χ2n) is 5.70. The van der Waals surface area contributed by atoms with Crippen LogP contribution in [0.25, 0.3) is 0 Å². The number of nitrogens with zero attached hydrogens (tertiary/aromatic N) is 5. The van der Waals surface area contributed by atoms with Crippen LogP contribution in [0.5, 0.6) is 5.75 Å². The molecule has 24 heavy (non-hydrogen) atoms. The Morgan fingerprint density at radius 1 is 1.38 bits per heavy atom. The molecule has 0 amide bonds. The molecular weight excluding hydrogens is 350 g/mol. The Balaban J connectivity index is 1.78. The van der Waals surface area contributed by atoms with Gasteiger partial charge >= 0.3 is 5.69 Å². The van der Waals surface area contributed by atoms with Crippen LogP contribution >= 0.6 is 23.5 Å². The van der Waals surface area contributed by atoms with E-state index in [1.165, 1.54) is 23.9 Å². The second-order valence-corrected chi connectivity index (χ2v) is 7.65. The van der Waals surface area contributed by atoms with E-state index in [0.717, 1.165) is 21.6 Å². The van der Waals surface area contributed by atoms with Crippen molar-refractivity contribution in [2.24, 2.45) is 0 Å². The Labute approximate surface area is 145 Å². The molecule has 124 valence electrons. The highest BCUT2D eigenvalue weighted by atomic mass is 32.2. The summed E-state index contributed by atoms with van der Waals surface area (Å²) < 4.78 is 1.98. The molecule has 1 N–H and O–H groups in total. The zero-order valence-corrected chi connectivity index (χ0v) is 14.4. The van der Waals surface area contributed by atoms with Gasteiger partial charge in [-0.25, -0.2) is 4.68 Å². The predicted molar refractivity (Wildman–Crippen MR) is 91.4 cm³/mol. The molecule has 1 aromatic carbocycles. The van der Waals surface area contributed by atoms with Crippen LogP contribution in [0.3, 0.4) is 0 Å². The number of aromatic nitrogens is 3. The van der Waals surface area contributed by atoms with Gasteiger partial charge in [0.2, 0.25) is 5.16 Å². The summed E-state index contributed by atoms with van der Waals surface area (Å²) >= 11 is 3.09. The molecule has 1 atom stereocenters. The van der Waals surface area contributed by atoms with Crippen molar-refractivity contribution in [1.29, 1.82) is 0 Å². The fourth-order valence-electron chi connectivity index (χ4n) is 2.68. The van der Waals surface area contributed by atoms with Gasteiger partial charge in [-0.05, 0) is 23.4 Å². The van der Waals surface area contributed by atoms with Gasteiger partial charge in [-0.15, -0.1) is 10.2 Å². The molecule has 2 aliphatic rings. The van der Waals surface area contributed by atoms with Gasteiger partial charge in [-0.1, -0.05) is 31.7 Å². The van der Waals surface area contributed by atoms with Gasteiger partial charge in [0.05, 0.1) is 4.92 Å². The number of nitro benzene ring substituents is 1. The van der Waals surface area contributed by atoms with Gasteiger partial charge in [0.25, 0.3) is 0 Å². The molecule has 2 aromatic rings. The number of nitro groups is 1. The summed E-state index contributed by atoms with van der Waals surface area (Å²) in [6.07, 6.45) is 0. The third-order valence-electron chi connectivity index (χ3n) is 3.79. The molecular formula is C14H13N5O3S2. The first-order valence-corrected chi connectivity index (χ1v) is 8.99. The third-order valence-corrected chi connectivity index (χ3v) is 5.98. The number of thioether (sulfide) groups is 2. The van der Waals surface area contributed by atoms with E-state index in [9.17, 15) is 15.2 Å². The molecule has 10 heteroatoms. The molecule has 0 saturated heterocycles. The van der Waals surface area contributed by atoms with Crippen molar-refractivity contribution in [3.63, 3.8) is 0 Å². The fourth-order valence-corrected chi connectivity index (χ4v) is 4.90. The van der Waals surface area contributed by atoms with Crippen LogP contribution in [0.15, 0.2) is 33.8 Å². The molecule has 0 saturated carbocycles. The van der Waals surface area contributed by atoms with Gasteiger partial charge in [0, 0.05) is 17.4 Å². The monoisotopic (exact) mass is 363 g/mol. The largest absolute Gasteiger partial charge is 0.502 e. The van der Waals surface area contributed by atoms with E-state index >= 15 is 0 Å². The minimum absolute atomic E-state index is 0.165. The zero-order valence-electron chi connectivity index (χ0n) is 12.8. The van der Waals surface area contributed by atoms with E-state index in [2.05, 4.69) is 15.2 Å². The van der Waals surface area contributed by atoms with Crippen molar-refractivity contribution in [1.82, 2.24) is 14.9 Å². The number of phenols is 1. The van der Waals surface area contributed by atoms with E-state index < -0.39 is 4.92 Å². The maximum absolute atomic E-state index is 11.1. The minimum Gasteiger partial charge on any atom is -0.502 e. The summed E-state index contributed by atoms with van der Waals surface area (Å²) in [5.41, 5.74) is 0.453. The van der Waals surface area contributed by atoms with Crippen molar-refractivity contribution in [2.75, 3.05) is 5.01 Å². The van der Waals surface area contributed by atoms with Crippen molar-refractivity contribution >= 4 is 29.2 Å². The van der Waals surface area contributed by atoms with Gasteiger partial charge in [0.1, 0.15) is 10.4 Å².